The van der Waals surface area contributed by atoms with Crippen LogP contribution in [0.3, 0.4) is 0 Å². The van der Waals surface area contributed by atoms with Crippen LogP contribution >= 0.6 is 34.5 Å². The average molecular weight is 503 g/mol. The van der Waals surface area contributed by atoms with E-state index in [1.807, 2.05) is 24.3 Å². The second-order valence-electron chi connectivity index (χ2n) is 7.40. The molecular weight excluding hydrogens is 487 g/mol. The van der Waals surface area contributed by atoms with E-state index >= 15 is 0 Å². The number of hydrogen-bond donors (Lipinski definition) is 0. The maximum absolute atomic E-state index is 13.6. The molecule has 0 saturated carbocycles. The lowest BCUT2D eigenvalue weighted by molar-refractivity contribution is 0.478. The lowest BCUT2D eigenvalue weighted by atomic mass is 9.83. The molecule has 1 aliphatic heterocycles. The number of aromatic nitrogens is 1. The molecule has 0 aliphatic carbocycles. The van der Waals surface area contributed by atoms with E-state index in [2.05, 4.69) is 0 Å². The van der Waals surface area contributed by atoms with Crippen LogP contribution in [0.4, 0.5) is 5.82 Å². The first-order valence-electron chi connectivity index (χ1n) is 9.64. The third kappa shape index (κ3) is 3.19. The van der Waals surface area contributed by atoms with Gasteiger partial charge < -0.3 is 0 Å². The molecule has 5 nitrogen and oxygen atoms in total. The third-order valence-corrected chi connectivity index (χ3v) is 8.75. The number of rotatable bonds is 4. The highest BCUT2D eigenvalue weighted by Crippen LogP contribution is 2.45. The summed E-state index contributed by atoms with van der Waals surface area (Å²) >= 11 is 13.6. The van der Waals surface area contributed by atoms with Gasteiger partial charge in [-0.15, -0.1) is 0 Å². The topological polar surface area (TPSA) is 59.4 Å². The summed E-state index contributed by atoms with van der Waals surface area (Å²) in [6.07, 6.45) is 0. The molecule has 0 N–H and O–H groups in total. The molecule has 162 valence electrons. The SMILES string of the molecule is O=c1cccc2n1C(c1ccc(Cl)cc1)(c1ccc(Cl)cc1)CN2S(=O)(=O)c1ccsc1. The maximum Gasteiger partial charge on any atom is 0.266 e. The van der Waals surface area contributed by atoms with Crippen molar-refractivity contribution < 1.29 is 8.42 Å². The van der Waals surface area contributed by atoms with Gasteiger partial charge >= 0.3 is 0 Å². The van der Waals surface area contributed by atoms with Crippen LogP contribution in [0.1, 0.15) is 11.1 Å². The monoisotopic (exact) mass is 502 g/mol. The summed E-state index contributed by atoms with van der Waals surface area (Å²) in [6, 6.07) is 20.4. The summed E-state index contributed by atoms with van der Waals surface area (Å²) in [7, 11) is -3.90. The molecule has 1 aliphatic rings. The van der Waals surface area contributed by atoms with E-state index in [-0.39, 0.29) is 17.0 Å². The summed E-state index contributed by atoms with van der Waals surface area (Å²) in [6.45, 7) is 0.00764. The van der Waals surface area contributed by atoms with Crippen molar-refractivity contribution >= 4 is 50.4 Å². The van der Waals surface area contributed by atoms with Crippen molar-refractivity contribution in [1.29, 1.82) is 0 Å². The standard InChI is InChI=1S/C23H16Cl2N2O3S2/c24-18-8-4-16(5-9-18)23(17-6-10-19(25)11-7-17)15-26(21-2-1-3-22(28)27(21)23)32(29,30)20-12-13-31-14-20/h1-14H,15H2. The normalized spacial score (nSPS) is 15.0. The molecule has 0 radical (unpaired) electrons. The second kappa shape index (κ2) is 7.78. The zero-order valence-electron chi connectivity index (χ0n) is 16.5. The van der Waals surface area contributed by atoms with Crippen LogP contribution in [0.15, 0.2) is 93.2 Å². The van der Waals surface area contributed by atoms with Gasteiger partial charge in [0.1, 0.15) is 11.4 Å². The first kappa shape index (κ1) is 21.3. The molecule has 0 atom stereocenters. The van der Waals surface area contributed by atoms with Crippen LogP contribution in [0.2, 0.25) is 10.0 Å². The molecule has 0 unspecified atom stereocenters. The number of thiophene rings is 1. The summed E-state index contributed by atoms with van der Waals surface area (Å²) in [5.74, 6) is 0.300. The molecule has 0 bridgehead atoms. The highest BCUT2D eigenvalue weighted by molar-refractivity contribution is 7.93. The molecule has 2 aromatic heterocycles. The van der Waals surface area contributed by atoms with Crippen LogP contribution in [-0.4, -0.2) is 19.5 Å². The minimum absolute atomic E-state index is 0.00764. The van der Waals surface area contributed by atoms with Crippen LogP contribution in [-0.2, 0) is 15.6 Å². The van der Waals surface area contributed by atoms with Crippen LogP contribution in [0, 0.1) is 0 Å². The van der Waals surface area contributed by atoms with Gasteiger partial charge in [0.25, 0.3) is 15.6 Å². The van der Waals surface area contributed by atoms with E-state index in [1.165, 1.54) is 21.7 Å². The lowest BCUT2D eigenvalue weighted by Crippen LogP contribution is -2.44. The fourth-order valence-corrected chi connectivity index (χ4v) is 6.96. The van der Waals surface area contributed by atoms with Gasteiger partial charge in [-0.25, -0.2) is 12.7 Å². The van der Waals surface area contributed by atoms with Gasteiger partial charge in [0, 0.05) is 21.5 Å². The Bertz CT molecular complexity index is 1400. The van der Waals surface area contributed by atoms with E-state index in [0.717, 1.165) is 11.1 Å². The quantitative estimate of drug-likeness (QED) is 0.384. The number of sulfonamides is 1. The predicted molar refractivity (Wildman–Crippen MR) is 129 cm³/mol. The van der Waals surface area contributed by atoms with E-state index in [0.29, 0.717) is 15.9 Å². The minimum Gasteiger partial charge on any atom is -0.278 e. The molecule has 4 aromatic rings. The number of anilines is 1. The van der Waals surface area contributed by atoms with Gasteiger partial charge in [-0.3, -0.25) is 9.36 Å². The van der Waals surface area contributed by atoms with Gasteiger partial charge in [-0.2, -0.15) is 11.3 Å². The Kier molecular flexibility index (Phi) is 5.17. The van der Waals surface area contributed by atoms with Crippen molar-refractivity contribution in [3.63, 3.8) is 0 Å². The number of benzene rings is 2. The maximum atomic E-state index is 13.6. The molecule has 3 heterocycles. The van der Waals surface area contributed by atoms with Gasteiger partial charge in [0.2, 0.25) is 0 Å². The van der Waals surface area contributed by atoms with Crippen molar-refractivity contribution in [3.05, 3.63) is 115 Å². The Hall–Kier alpha value is -2.58. The molecule has 32 heavy (non-hydrogen) atoms. The molecule has 0 amide bonds. The molecule has 0 fully saturated rings. The van der Waals surface area contributed by atoms with Crippen molar-refractivity contribution in [2.24, 2.45) is 0 Å². The largest absolute Gasteiger partial charge is 0.278 e. The van der Waals surface area contributed by atoms with E-state index < -0.39 is 15.6 Å². The lowest BCUT2D eigenvalue weighted by Gasteiger charge is -2.32. The Labute approximate surface area is 199 Å². The molecule has 9 heteroatoms. The van der Waals surface area contributed by atoms with Crippen LogP contribution in [0.5, 0.6) is 0 Å². The fraction of sp³-hybridized carbons (Fsp3) is 0.0870. The summed E-state index contributed by atoms with van der Waals surface area (Å²) in [5.41, 5.74) is 0.0605. The first-order chi connectivity index (χ1) is 15.3. The number of hydrogen-bond acceptors (Lipinski definition) is 4. The second-order valence-corrected chi connectivity index (χ2v) is 10.9. The predicted octanol–water partition coefficient (Wildman–Crippen LogP) is 5.22. The fourth-order valence-electron chi connectivity index (χ4n) is 4.21. The van der Waals surface area contributed by atoms with Crippen molar-refractivity contribution in [2.45, 2.75) is 10.4 Å². The van der Waals surface area contributed by atoms with Crippen molar-refractivity contribution in [1.82, 2.24) is 4.57 Å². The minimum atomic E-state index is -3.90. The zero-order valence-corrected chi connectivity index (χ0v) is 19.6. The van der Waals surface area contributed by atoms with E-state index in [1.54, 1.807) is 57.8 Å². The van der Waals surface area contributed by atoms with Gasteiger partial charge in [0.15, 0.2) is 0 Å². The highest BCUT2D eigenvalue weighted by Gasteiger charge is 2.49. The van der Waals surface area contributed by atoms with Crippen LogP contribution in [0.25, 0.3) is 0 Å². The smallest absolute Gasteiger partial charge is 0.266 e. The van der Waals surface area contributed by atoms with Gasteiger partial charge in [0.05, 0.1) is 11.4 Å². The van der Waals surface area contributed by atoms with Crippen molar-refractivity contribution in [2.75, 3.05) is 10.8 Å². The Morgan fingerprint density at radius 1 is 0.844 bits per heavy atom. The van der Waals surface area contributed by atoms with Crippen molar-refractivity contribution in [3.8, 4) is 0 Å². The molecular formula is C23H16Cl2N2O3S2. The van der Waals surface area contributed by atoms with Crippen LogP contribution < -0.4 is 9.86 Å². The summed E-state index contributed by atoms with van der Waals surface area (Å²) in [5, 5.41) is 4.39. The number of nitrogens with zero attached hydrogens (tertiary/aromatic N) is 2. The van der Waals surface area contributed by atoms with Gasteiger partial charge in [-0.1, -0.05) is 53.5 Å². The Morgan fingerprint density at radius 2 is 1.44 bits per heavy atom. The average Bonchev–Trinajstić information content (AvgIpc) is 3.43. The summed E-state index contributed by atoms with van der Waals surface area (Å²) < 4.78 is 30.1. The van der Waals surface area contributed by atoms with E-state index in [9.17, 15) is 13.2 Å². The third-order valence-electron chi connectivity index (χ3n) is 5.67. The molecule has 0 spiro atoms. The molecule has 5 rings (SSSR count). The molecule has 2 aromatic carbocycles. The molecule has 0 saturated heterocycles. The highest BCUT2D eigenvalue weighted by atomic mass is 35.5. The number of halogens is 2. The Balaban J connectivity index is 1.84. The first-order valence-corrected chi connectivity index (χ1v) is 12.8. The number of fused-ring (bicyclic) bond motifs is 1. The number of pyridine rings is 1. The zero-order chi connectivity index (χ0) is 22.5. The van der Waals surface area contributed by atoms with E-state index in [4.69, 9.17) is 23.2 Å². The summed E-state index contributed by atoms with van der Waals surface area (Å²) in [4.78, 5) is 13.4. The van der Waals surface area contributed by atoms with Gasteiger partial charge in [-0.05, 0) is 52.9 Å². The Morgan fingerprint density at radius 3 is 1.97 bits per heavy atom.